The highest BCUT2D eigenvalue weighted by Gasteiger charge is 2.27. The SMILES string of the molecule is Cc1c(Br)ccc2c1C(=Cc1cc(C(C)C)c(Oc3ccccc3)c(C(C)C)c1)C(=O)N2. The molecule has 0 unspecified atom stereocenters. The van der Waals surface area contributed by atoms with E-state index in [0.29, 0.717) is 5.57 Å². The van der Waals surface area contributed by atoms with Gasteiger partial charge in [0, 0.05) is 21.3 Å². The Labute approximate surface area is 198 Å². The molecule has 0 spiro atoms. The van der Waals surface area contributed by atoms with Crippen LogP contribution in [0.5, 0.6) is 11.5 Å². The second-order valence-corrected chi connectivity index (χ2v) is 9.71. The molecule has 0 bridgehead atoms. The Hall–Kier alpha value is -2.85. The van der Waals surface area contributed by atoms with Crippen LogP contribution in [-0.4, -0.2) is 5.91 Å². The van der Waals surface area contributed by atoms with Crippen LogP contribution in [0.3, 0.4) is 0 Å². The Morgan fingerprint density at radius 1 is 0.938 bits per heavy atom. The van der Waals surface area contributed by atoms with Crippen molar-refractivity contribution in [3.63, 3.8) is 0 Å². The van der Waals surface area contributed by atoms with Crippen LogP contribution in [0, 0.1) is 6.92 Å². The molecule has 0 radical (unpaired) electrons. The number of nitrogens with one attached hydrogen (secondary N) is 1. The third-order valence-corrected chi connectivity index (χ3v) is 6.71. The molecule has 1 aliphatic heterocycles. The number of carbonyl (C=O) groups excluding carboxylic acids is 1. The van der Waals surface area contributed by atoms with Gasteiger partial charge in [0.1, 0.15) is 11.5 Å². The Morgan fingerprint density at radius 2 is 1.56 bits per heavy atom. The van der Waals surface area contributed by atoms with Gasteiger partial charge in [-0.3, -0.25) is 4.79 Å². The molecule has 1 amide bonds. The first-order valence-electron chi connectivity index (χ1n) is 11.0. The number of ether oxygens (including phenoxy) is 1. The van der Waals surface area contributed by atoms with Crippen molar-refractivity contribution in [3.05, 3.63) is 86.9 Å². The number of rotatable bonds is 5. The van der Waals surface area contributed by atoms with E-state index >= 15 is 0 Å². The molecule has 4 rings (SSSR count). The number of halogens is 1. The van der Waals surface area contributed by atoms with Gasteiger partial charge in [0.2, 0.25) is 0 Å². The van der Waals surface area contributed by atoms with Gasteiger partial charge in [0.05, 0.1) is 0 Å². The highest BCUT2D eigenvalue weighted by molar-refractivity contribution is 9.10. The molecule has 0 atom stereocenters. The lowest BCUT2D eigenvalue weighted by Gasteiger charge is -2.21. The van der Waals surface area contributed by atoms with Crippen LogP contribution in [0.25, 0.3) is 11.6 Å². The molecule has 4 heteroatoms. The van der Waals surface area contributed by atoms with Gasteiger partial charge in [-0.15, -0.1) is 0 Å². The van der Waals surface area contributed by atoms with E-state index in [1.807, 2.05) is 55.5 Å². The molecule has 1 N–H and O–H groups in total. The Bertz CT molecular complexity index is 1180. The maximum atomic E-state index is 12.8. The lowest BCUT2D eigenvalue weighted by atomic mass is 9.90. The summed E-state index contributed by atoms with van der Waals surface area (Å²) < 4.78 is 7.39. The van der Waals surface area contributed by atoms with E-state index in [4.69, 9.17) is 4.74 Å². The van der Waals surface area contributed by atoms with E-state index in [2.05, 4.69) is 61.1 Å². The largest absolute Gasteiger partial charge is 0.457 e. The number of benzene rings is 3. The topological polar surface area (TPSA) is 38.3 Å². The summed E-state index contributed by atoms with van der Waals surface area (Å²) in [5, 5.41) is 3.00. The number of hydrogen-bond donors (Lipinski definition) is 1. The van der Waals surface area contributed by atoms with Crippen LogP contribution in [0.2, 0.25) is 0 Å². The average Bonchev–Trinajstić information content (AvgIpc) is 3.07. The number of anilines is 1. The molecule has 0 saturated heterocycles. The van der Waals surface area contributed by atoms with E-state index in [-0.39, 0.29) is 17.7 Å². The van der Waals surface area contributed by atoms with E-state index in [9.17, 15) is 4.79 Å². The van der Waals surface area contributed by atoms with Crippen molar-refractivity contribution in [2.45, 2.75) is 46.5 Å². The van der Waals surface area contributed by atoms with Crippen molar-refractivity contribution in [3.8, 4) is 11.5 Å². The molecular weight excluding hydrogens is 462 g/mol. The molecule has 0 aromatic heterocycles. The van der Waals surface area contributed by atoms with Crippen molar-refractivity contribution < 1.29 is 9.53 Å². The van der Waals surface area contributed by atoms with Crippen molar-refractivity contribution >= 4 is 39.2 Å². The van der Waals surface area contributed by atoms with Gasteiger partial charge in [0.15, 0.2) is 0 Å². The smallest absolute Gasteiger partial charge is 0.256 e. The first-order chi connectivity index (χ1) is 15.3. The van der Waals surface area contributed by atoms with Crippen molar-refractivity contribution in [2.75, 3.05) is 5.32 Å². The number of carbonyl (C=O) groups is 1. The lowest BCUT2D eigenvalue weighted by Crippen LogP contribution is -2.04. The summed E-state index contributed by atoms with van der Waals surface area (Å²) >= 11 is 3.60. The molecule has 32 heavy (non-hydrogen) atoms. The lowest BCUT2D eigenvalue weighted by molar-refractivity contribution is -0.110. The first kappa shape index (κ1) is 22.3. The predicted molar refractivity (Wildman–Crippen MR) is 137 cm³/mol. The van der Waals surface area contributed by atoms with Crippen LogP contribution in [0.1, 0.15) is 67.3 Å². The zero-order valence-electron chi connectivity index (χ0n) is 19.1. The van der Waals surface area contributed by atoms with E-state index in [1.165, 1.54) is 0 Å². The quantitative estimate of drug-likeness (QED) is 0.366. The summed E-state index contributed by atoms with van der Waals surface area (Å²) in [6, 6.07) is 18.1. The normalized spacial score (nSPS) is 14.2. The maximum absolute atomic E-state index is 12.8. The fourth-order valence-corrected chi connectivity index (χ4v) is 4.44. The summed E-state index contributed by atoms with van der Waals surface area (Å²) in [5.74, 6) is 2.21. The van der Waals surface area contributed by atoms with Crippen LogP contribution < -0.4 is 10.1 Å². The fraction of sp³-hybridized carbons (Fsp3) is 0.250. The molecule has 1 heterocycles. The Kier molecular flexibility index (Phi) is 6.25. The Morgan fingerprint density at radius 3 is 2.16 bits per heavy atom. The summed E-state index contributed by atoms with van der Waals surface area (Å²) in [6.45, 7) is 10.7. The average molecular weight is 490 g/mol. The van der Waals surface area contributed by atoms with Crippen molar-refractivity contribution in [1.82, 2.24) is 0 Å². The molecular formula is C28H28BrNO2. The zero-order chi connectivity index (χ0) is 23.0. The summed E-state index contributed by atoms with van der Waals surface area (Å²) in [4.78, 5) is 12.8. The van der Waals surface area contributed by atoms with Crippen LogP contribution in [-0.2, 0) is 4.79 Å². The van der Waals surface area contributed by atoms with Gasteiger partial charge in [-0.1, -0.05) is 61.8 Å². The molecule has 0 saturated carbocycles. The molecule has 3 nitrogen and oxygen atoms in total. The Balaban J connectivity index is 1.87. The number of amides is 1. The third kappa shape index (κ3) is 4.24. The second-order valence-electron chi connectivity index (χ2n) is 8.86. The minimum atomic E-state index is -0.0667. The van der Waals surface area contributed by atoms with Gasteiger partial charge in [-0.2, -0.15) is 0 Å². The predicted octanol–water partition coefficient (Wildman–Crippen LogP) is 8.29. The van der Waals surface area contributed by atoms with Crippen LogP contribution in [0.4, 0.5) is 5.69 Å². The highest BCUT2D eigenvalue weighted by atomic mass is 79.9. The highest BCUT2D eigenvalue weighted by Crippen LogP contribution is 2.42. The minimum Gasteiger partial charge on any atom is -0.457 e. The monoisotopic (exact) mass is 489 g/mol. The standard InChI is InChI=1S/C28H28BrNO2/c1-16(2)21-13-19(14-22(17(3)4)27(21)32-20-9-7-6-8-10-20)15-23-26-18(5)24(29)11-12-25(26)30-28(23)31/h6-17H,1-5H3,(H,30,31). The molecule has 164 valence electrons. The van der Waals surface area contributed by atoms with E-state index in [0.717, 1.165) is 49.5 Å². The van der Waals surface area contributed by atoms with Gasteiger partial charge < -0.3 is 10.1 Å². The summed E-state index contributed by atoms with van der Waals surface area (Å²) in [6.07, 6.45) is 2.00. The molecule has 3 aromatic rings. The maximum Gasteiger partial charge on any atom is 0.256 e. The minimum absolute atomic E-state index is 0.0667. The number of para-hydroxylation sites is 1. The van der Waals surface area contributed by atoms with Crippen molar-refractivity contribution in [2.24, 2.45) is 0 Å². The van der Waals surface area contributed by atoms with Gasteiger partial charge in [-0.25, -0.2) is 0 Å². The molecule has 0 fully saturated rings. The number of hydrogen-bond acceptors (Lipinski definition) is 2. The van der Waals surface area contributed by atoms with Crippen LogP contribution >= 0.6 is 15.9 Å². The molecule has 0 aliphatic carbocycles. The van der Waals surface area contributed by atoms with E-state index < -0.39 is 0 Å². The summed E-state index contributed by atoms with van der Waals surface area (Å²) in [7, 11) is 0. The van der Waals surface area contributed by atoms with Gasteiger partial charge >= 0.3 is 0 Å². The zero-order valence-corrected chi connectivity index (χ0v) is 20.7. The second kappa shape index (κ2) is 8.95. The van der Waals surface area contributed by atoms with E-state index in [1.54, 1.807) is 0 Å². The summed E-state index contributed by atoms with van der Waals surface area (Å²) in [5.41, 5.74) is 6.86. The first-order valence-corrected chi connectivity index (χ1v) is 11.8. The van der Waals surface area contributed by atoms with Gasteiger partial charge in [-0.05, 0) is 83.5 Å². The molecule has 1 aliphatic rings. The fourth-order valence-electron chi connectivity index (χ4n) is 4.11. The van der Waals surface area contributed by atoms with Crippen molar-refractivity contribution in [1.29, 1.82) is 0 Å². The third-order valence-electron chi connectivity index (χ3n) is 5.85. The van der Waals surface area contributed by atoms with Crippen LogP contribution in [0.15, 0.2) is 59.1 Å². The number of fused-ring (bicyclic) bond motifs is 1. The van der Waals surface area contributed by atoms with Gasteiger partial charge in [0.25, 0.3) is 5.91 Å². The molecule has 3 aromatic carbocycles.